The van der Waals surface area contributed by atoms with E-state index in [2.05, 4.69) is 20.9 Å². The highest BCUT2D eigenvalue weighted by Gasteiger charge is 2.12. The van der Waals surface area contributed by atoms with Crippen LogP contribution >= 0.6 is 0 Å². The molecule has 3 aromatic rings. The number of benzene rings is 2. The van der Waals surface area contributed by atoms with Crippen LogP contribution in [0.4, 0.5) is 20.6 Å². The van der Waals surface area contributed by atoms with Gasteiger partial charge < -0.3 is 25.4 Å². The summed E-state index contributed by atoms with van der Waals surface area (Å²) in [6.07, 6.45) is 2.52. The predicted molar refractivity (Wildman–Crippen MR) is 133 cm³/mol. The van der Waals surface area contributed by atoms with Gasteiger partial charge >= 0.3 is 6.03 Å². The summed E-state index contributed by atoms with van der Waals surface area (Å²) in [5.41, 5.74) is 1.20. The molecule has 0 saturated carbocycles. The van der Waals surface area contributed by atoms with Gasteiger partial charge in [0.15, 0.2) is 9.84 Å². The number of carbonyl (C=O) groups excluding carboxylic acids is 2. The molecule has 12 heteroatoms. The molecule has 1 aromatic heterocycles. The van der Waals surface area contributed by atoms with E-state index < -0.39 is 21.7 Å². The molecule has 3 amide bonds. The number of carbonyl (C=O) groups is 2. The van der Waals surface area contributed by atoms with Crippen molar-refractivity contribution in [1.82, 2.24) is 10.3 Å². The Morgan fingerprint density at radius 1 is 1.03 bits per heavy atom. The highest BCUT2D eigenvalue weighted by molar-refractivity contribution is 7.90. The van der Waals surface area contributed by atoms with Crippen LogP contribution in [0.5, 0.6) is 17.2 Å². The Balaban J connectivity index is 1.59. The second kappa shape index (κ2) is 11.5. The Morgan fingerprint density at radius 2 is 1.78 bits per heavy atom. The minimum atomic E-state index is -3.14. The lowest BCUT2D eigenvalue weighted by Gasteiger charge is -2.13. The molecule has 1 heterocycles. The topological polar surface area (TPSA) is 136 Å². The van der Waals surface area contributed by atoms with E-state index in [4.69, 9.17) is 9.47 Å². The molecular formula is C24H25FN4O6S. The third-order valence-corrected chi connectivity index (χ3v) is 5.67. The molecule has 190 valence electrons. The standard InChI is InChI=1S/C24H25FN4O6S/c1-15-12-16(4-7-22(15)34-10-11-36(3,32)33)28-24(31)29-20-6-5-17(13-19(20)25)35-18-8-9-27-21(14-18)23(30)26-2/h4-9,12-14H,10-11H2,1-3H3,(H,26,30)(H2,28,29,31). The second-order valence-electron chi connectivity index (χ2n) is 7.74. The van der Waals surface area contributed by atoms with Gasteiger partial charge in [-0.15, -0.1) is 0 Å². The van der Waals surface area contributed by atoms with Crippen molar-refractivity contribution in [3.63, 3.8) is 0 Å². The van der Waals surface area contributed by atoms with Crippen LogP contribution in [0.25, 0.3) is 0 Å². The maximum absolute atomic E-state index is 14.6. The Kier molecular flexibility index (Phi) is 8.43. The minimum absolute atomic E-state index is 0.0162. The van der Waals surface area contributed by atoms with Crippen molar-refractivity contribution in [3.8, 4) is 17.2 Å². The van der Waals surface area contributed by atoms with Crippen LogP contribution in [0.3, 0.4) is 0 Å². The lowest BCUT2D eigenvalue weighted by Crippen LogP contribution is -2.20. The summed E-state index contributed by atoms with van der Waals surface area (Å²) in [4.78, 5) is 28.0. The Morgan fingerprint density at radius 3 is 2.44 bits per heavy atom. The van der Waals surface area contributed by atoms with Crippen molar-refractivity contribution < 1.29 is 31.9 Å². The van der Waals surface area contributed by atoms with Gasteiger partial charge in [0, 0.05) is 37.3 Å². The molecule has 0 aliphatic carbocycles. The van der Waals surface area contributed by atoms with E-state index in [0.717, 1.165) is 12.3 Å². The van der Waals surface area contributed by atoms with Crippen LogP contribution in [0.1, 0.15) is 16.1 Å². The fourth-order valence-corrected chi connectivity index (χ4v) is 3.39. The van der Waals surface area contributed by atoms with Crippen LogP contribution in [0.15, 0.2) is 54.7 Å². The molecule has 10 nitrogen and oxygen atoms in total. The molecular weight excluding hydrogens is 491 g/mol. The predicted octanol–water partition coefficient (Wildman–Crippen LogP) is 3.75. The number of aryl methyl sites for hydroxylation is 1. The van der Waals surface area contributed by atoms with E-state index in [1.165, 1.54) is 37.5 Å². The van der Waals surface area contributed by atoms with Crippen molar-refractivity contribution in [2.75, 3.05) is 36.3 Å². The Hall–Kier alpha value is -4.19. The molecule has 0 atom stereocenters. The second-order valence-corrected chi connectivity index (χ2v) is 10.00. The number of rotatable bonds is 9. The summed E-state index contributed by atoms with van der Waals surface area (Å²) in [6.45, 7) is 1.76. The zero-order chi connectivity index (χ0) is 26.3. The van der Waals surface area contributed by atoms with Crippen molar-refractivity contribution in [2.24, 2.45) is 0 Å². The first-order chi connectivity index (χ1) is 17.0. The number of aromatic nitrogens is 1. The van der Waals surface area contributed by atoms with E-state index in [1.807, 2.05) is 0 Å². The van der Waals surface area contributed by atoms with Gasteiger partial charge in [0.05, 0.1) is 11.4 Å². The quantitative estimate of drug-likeness (QED) is 0.394. The summed E-state index contributed by atoms with van der Waals surface area (Å²) in [7, 11) is -1.66. The molecule has 3 N–H and O–H groups in total. The van der Waals surface area contributed by atoms with E-state index >= 15 is 0 Å². The summed E-state index contributed by atoms with van der Waals surface area (Å²) < 4.78 is 48.1. The van der Waals surface area contributed by atoms with Crippen molar-refractivity contribution in [2.45, 2.75) is 6.92 Å². The molecule has 0 radical (unpaired) electrons. The fraction of sp³-hybridized carbons (Fsp3) is 0.208. The van der Waals surface area contributed by atoms with Crippen LogP contribution in [-0.4, -0.2) is 51.0 Å². The number of hydrogen-bond donors (Lipinski definition) is 3. The lowest BCUT2D eigenvalue weighted by atomic mass is 10.2. The number of nitrogens with zero attached hydrogens (tertiary/aromatic N) is 1. The third-order valence-electron chi connectivity index (χ3n) is 4.76. The Labute approximate surface area is 207 Å². The number of pyridine rings is 1. The monoisotopic (exact) mass is 516 g/mol. The number of hydrogen-bond acceptors (Lipinski definition) is 7. The van der Waals surface area contributed by atoms with Crippen LogP contribution in [0, 0.1) is 12.7 Å². The van der Waals surface area contributed by atoms with E-state index in [0.29, 0.717) is 22.7 Å². The normalized spacial score (nSPS) is 10.9. The molecule has 0 aliphatic heterocycles. The van der Waals surface area contributed by atoms with Gasteiger partial charge in [-0.1, -0.05) is 0 Å². The van der Waals surface area contributed by atoms with Gasteiger partial charge in [-0.2, -0.15) is 0 Å². The van der Waals surface area contributed by atoms with Gasteiger partial charge in [0.25, 0.3) is 5.91 Å². The summed E-state index contributed by atoms with van der Waals surface area (Å²) in [5, 5.41) is 7.48. The SMILES string of the molecule is CNC(=O)c1cc(Oc2ccc(NC(=O)Nc3ccc(OCCS(C)(=O)=O)c(C)c3)c(F)c2)ccn1. The Bertz CT molecular complexity index is 1380. The van der Waals surface area contributed by atoms with Crippen molar-refractivity contribution in [1.29, 1.82) is 0 Å². The molecule has 0 bridgehead atoms. The zero-order valence-corrected chi connectivity index (χ0v) is 20.6. The van der Waals surface area contributed by atoms with E-state index in [9.17, 15) is 22.4 Å². The van der Waals surface area contributed by atoms with Crippen molar-refractivity contribution in [3.05, 3.63) is 71.8 Å². The maximum Gasteiger partial charge on any atom is 0.323 e. The molecule has 0 aliphatic rings. The summed E-state index contributed by atoms with van der Waals surface area (Å²) in [5.74, 6) is -0.280. The van der Waals surface area contributed by atoms with E-state index in [1.54, 1.807) is 25.1 Å². The van der Waals surface area contributed by atoms with Gasteiger partial charge in [-0.05, 0) is 48.9 Å². The smallest absolute Gasteiger partial charge is 0.323 e. The molecule has 0 unspecified atom stereocenters. The number of sulfone groups is 1. The molecule has 0 fully saturated rings. The first-order valence-corrected chi connectivity index (χ1v) is 12.7. The highest BCUT2D eigenvalue weighted by atomic mass is 32.2. The average molecular weight is 517 g/mol. The number of ether oxygens (including phenoxy) is 2. The average Bonchev–Trinajstić information content (AvgIpc) is 2.81. The number of anilines is 2. The number of amides is 3. The first kappa shape index (κ1) is 26.4. The van der Waals surface area contributed by atoms with Crippen LogP contribution in [-0.2, 0) is 9.84 Å². The minimum Gasteiger partial charge on any atom is -0.492 e. The number of nitrogens with one attached hydrogen (secondary N) is 3. The zero-order valence-electron chi connectivity index (χ0n) is 19.8. The maximum atomic E-state index is 14.6. The number of halogens is 1. The summed E-state index contributed by atoms with van der Waals surface area (Å²) >= 11 is 0. The lowest BCUT2D eigenvalue weighted by molar-refractivity contribution is 0.0957. The van der Waals surface area contributed by atoms with Crippen molar-refractivity contribution >= 4 is 33.2 Å². The summed E-state index contributed by atoms with van der Waals surface area (Å²) in [6, 6.07) is 11.0. The van der Waals surface area contributed by atoms with Crippen LogP contribution in [0.2, 0.25) is 0 Å². The third kappa shape index (κ3) is 7.67. The molecule has 3 rings (SSSR count). The highest BCUT2D eigenvalue weighted by Crippen LogP contribution is 2.26. The van der Waals surface area contributed by atoms with Gasteiger partial charge in [0.2, 0.25) is 0 Å². The van der Waals surface area contributed by atoms with Gasteiger partial charge in [-0.25, -0.2) is 17.6 Å². The largest absolute Gasteiger partial charge is 0.492 e. The van der Waals surface area contributed by atoms with Crippen LogP contribution < -0.4 is 25.4 Å². The van der Waals surface area contributed by atoms with E-state index in [-0.39, 0.29) is 35.4 Å². The van der Waals surface area contributed by atoms with Gasteiger partial charge in [0.1, 0.15) is 35.4 Å². The number of urea groups is 1. The first-order valence-electron chi connectivity index (χ1n) is 10.7. The molecule has 0 spiro atoms. The molecule has 0 saturated heterocycles. The van der Waals surface area contributed by atoms with Gasteiger partial charge in [-0.3, -0.25) is 9.78 Å². The fourth-order valence-electron chi connectivity index (χ4n) is 3.00. The molecule has 2 aromatic carbocycles. The molecule has 36 heavy (non-hydrogen) atoms.